The molecule has 4 heteroatoms. The highest BCUT2D eigenvalue weighted by Gasteiger charge is 2.53. The fraction of sp³-hybridized carbons (Fsp3) is 0.500. The van der Waals surface area contributed by atoms with Crippen LogP contribution in [0.3, 0.4) is 0 Å². The van der Waals surface area contributed by atoms with E-state index in [1.165, 1.54) is 5.56 Å². The molecule has 106 valence electrons. The van der Waals surface area contributed by atoms with Crippen molar-refractivity contribution in [2.24, 2.45) is 0 Å². The predicted molar refractivity (Wildman–Crippen MR) is 78.9 cm³/mol. The summed E-state index contributed by atoms with van der Waals surface area (Å²) in [7, 11) is -0.888. The fourth-order valence-corrected chi connectivity index (χ4v) is 2.76. The summed E-state index contributed by atoms with van der Waals surface area (Å²) in [5.41, 5.74) is 1.66. The zero-order chi connectivity index (χ0) is 14.5. The summed E-state index contributed by atoms with van der Waals surface area (Å²) >= 11 is 0. The van der Waals surface area contributed by atoms with Gasteiger partial charge in [0.05, 0.1) is 11.2 Å². The molecule has 1 aliphatic carbocycles. The first-order chi connectivity index (χ1) is 9.32. The van der Waals surface area contributed by atoms with Gasteiger partial charge in [-0.1, -0.05) is 24.3 Å². The molecule has 0 N–H and O–H groups in total. The molecule has 0 atom stereocenters. The summed E-state index contributed by atoms with van der Waals surface area (Å²) in [5, 5.41) is 0. The molecule has 0 unspecified atom stereocenters. The van der Waals surface area contributed by atoms with Crippen molar-refractivity contribution in [1.29, 1.82) is 0 Å². The Morgan fingerprint density at radius 2 is 1.65 bits per heavy atom. The second-order valence-electron chi connectivity index (χ2n) is 6.57. The van der Waals surface area contributed by atoms with Gasteiger partial charge < -0.3 is 9.31 Å². The van der Waals surface area contributed by atoms with Gasteiger partial charge in [0.15, 0.2) is 0 Å². The van der Waals surface area contributed by atoms with Crippen LogP contribution in [0.5, 0.6) is 0 Å². The van der Waals surface area contributed by atoms with Gasteiger partial charge in [-0.2, -0.15) is 0 Å². The number of aryl methyl sites for hydroxylation is 1. The highest BCUT2D eigenvalue weighted by molar-refractivity contribution is 6.55. The minimum absolute atomic E-state index is 0.270. The second kappa shape index (κ2) is 4.44. The van der Waals surface area contributed by atoms with E-state index in [1.807, 2.05) is 45.9 Å². The van der Waals surface area contributed by atoms with Gasteiger partial charge in [0, 0.05) is 0 Å². The Kier molecular flexibility index (Phi) is 3.07. The molecule has 1 aromatic carbocycles. The molecule has 0 radical (unpaired) electrons. The van der Waals surface area contributed by atoms with Crippen LogP contribution in [0.4, 0.5) is 4.39 Å². The summed E-state index contributed by atoms with van der Waals surface area (Å²) in [5.74, 6) is 0. The highest BCUT2D eigenvalue weighted by atomic mass is 19.1. The summed E-state index contributed by atoms with van der Waals surface area (Å²) in [4.78, 5) is 0. The number of hydrogen-bond donors (Lipinski definition) is 0. The van der Waals surface area contributed by atoms with Gasteiger partial charge in [0.1, 0.15) is 5.73 Å². The minimum atomic E-state index is -0.888. The standard InChI is InChI=1S/C16H20BFO2/c1-15(2)16(3,4)20-17(19-15)14(18)13-10-9-11-7-5-6-8-12(11)13/h5-8H,9-10H2,1-4H3. The lowest BCUT2D eigenvalue weighted by Gasteiger charge is -2.32. The molecule has 2 aliphatic rings. The van der Waals surface area contributed by atoms with E-state index in [9.17, 15) is 4.39 Å². The molecule has 1 aliphatic heterocycles. The maximum Gasteiger partial charge on any atom is 0.525 e. The zero-order valence-electron chi connectivity index (χ0n) is 12.5. The van der Waals surface area contributed by atoms with E-state index in [2.05, 4.69) is 6.07 Å². The molecule has 0 bridgehead atoms. The van der Waals surface area contributed by atoms with E-state index in [-0.39, 0.29) is 5.73 Å². The Balaban J connectivity index is 1.95. The predicted octanol–water partition coefficient (Wildman–Crippen LogP) is 3.94. The van der Waals surface area contributed by atoms with Crippen LogP contribution in [-0.2, 0) is 15.7 Å². The minimum Gasteiger partial charge on any atom is -0.398 e. The van der Waals surface area contributed by atoms with Gasteiger partial charge >= 0.3 is 7.12 Å². The van der Waals surface area contributed by atoms with Crippen molar-refractivity contribution in [3.63, 3.8) is 0 Å². The third kappa shape index (κ3) is 2.02. The van der Waals surface area contributed by atoms with E-state index in [4.69, 9.17) is 9.31 Å². The monoisotopic (exact) mass is 274 g/mol. The molecule has 1 saturated heterocycles. The van der Waals surface area contributed by atoms with Crippen LogP contribution in [0.1, 0.15) is 45.2 Å². The van der Waals surface area contributed by atoms with Gasteiger partial charge in [-0.3, -0.25) is 0 Å². The largest absolute Gasteiger partial charge is 0.525 e. The van der Waals surface area contributed by atoms with E-state index in [0.717, 1.165) is 24.0 Å². The van der Waals surface area contributed by atoms with Crippen molar-refractivity contribution in [3.8, 4) is 0 Å². The molecule has 0 aromatic heterocycles. The van der Waals surface area contributed by atoms with Gasteiger partial charge in [-0.05, 0) is 57.2 Å². The topological polar surface area (TPSA) is 18.5 Å². The van der Waals surface area contributed by atoms with Crippen molar-refractivity contribution in [3.05, 3.63) is 41.1 Å². The number of rotatable bonds is 1. The van der Waals surface area contributed by atoms with Crippen LogP contribution in [0.15, 0.2) is 30.0 Å². The number of allylic oxidation sites excluding steroid dienone is 1. The molecule has 1 heterocycles. The first-order valence-corrected chi connectivity index (χ1v) is 7.14. The zero-order valence-corrected chi connectivity index (χ0v) is 12.5. The molecule has 0 amide bonds. The Hall–Kier alpha value is -1.13. The molecular weight excluding hydrogens is 254 g/mol. The average Bonchev–Trinajstić information content (AvgIpc) is 2.88. The van der Waals surface area contributed by atoms with Gasteiger partial charge in [-0.15, -0.1) is 0 Å². The maximum absolute atomic E-state index is 14.8. The van der Waals surface area contributed by atoms with E-state index >= 15 is 0 Å². The number of fused-ring (bicyclic) bond motifs is 1. The van der Waals surface area contributed by atoms with Gasteiger partial charge in [0.2, 0.25) is 0 Å². The lowest BCUT2D eigenvalue weighted by Crippen LogP contribution is -2.41. The fourth-order valence-electron chi connectivity index (χ4n) is 2.76. The van der Waals surface area contributed by atoms with Crippen LogP contribution >= 0.6 is 0 Å². The van der Waals surface area contributed by atoms with Gasteiger partial charge in [-0.25, -0.2) is 4.39 Å². The summed E-state index contributed by atoms with van der Waals surface area (Å²) < 4.78 is 26.4. The lowest BCUT2D eigenvalue weighted by molar-refractivity contribution is 0.00578. The summed E-state index contributed by atoms with van der Waals surface area (Å²) in [6, 6.07) is 7.97. The van der Waals surface area contributed by atoms with E-state index in [1.54, 1.807) is 0 Å². The molecule has 1 aromatic rings. The van der Waals surface area contributed by atoms with Crippen LogP contribution in [0.25, 0.3) is 5.57 Å². The number of benzene rings is 1. The molecule has 3 rings (SSSR count). The van der Waals surface area contributed by atoms with Crippen molar-refractivity contribution in [2.45, 2.75) is 51.7 Å². The Morgan fingerprint density at radius 1 is 1.05 bits per heavy atom. The molecule has 0 spiro atoms. The molecule has 2 nitrogen and oxygen atoms in total. The first kappa shape index (κ1) is 13.8. The average molecular weight is 274 g/mol. The van der Waals surface area contributed by atoms with Crippen LogP contribution in [0, 0.1) is 0 Å². The number of halogens is 1. The molecule has 1 fully saturated rings. The number of hydrogen-bond acceptors (Lipinski definition) is 2. The van der Waals surface area contributed by atoms with Crippen molar-refractivity contribution in [2.75, 3.05) is 0 Å². The lowest BCUT2D eigenvalue weighted by atomic mass is 9.83. The maximum atomic E-state index is 14.8. The van der Waals surface area contributed by atoms with Crippen molar-refractivity contribution < 1.29 is 13.7 Å². The SMILES string of the molecule is CC1(C)OB(C(F)=C2CCc3ccccc32)OC1(C)C. The van der Waals surface area contributed by atoms with Crippen LogP contribution < -0.4 is 0 Å². The van der Waals surface area contributed by atoms with Crippen molar-refractivity contribution >= 4 is 12.7 Å². The quantitative estimate of drug-likeness (QED) is 0.722. The normalized spacial score (nSPS) is 25.8. The van der Waals surface area contributed by atoms with Crippen LogP contribution in [-0.4, -0.2) is 18.3 Å². The van der Waals surface area contributed by atoms with E-state index in [0.29, 0.717) is 0 Å². The van der Waals surface area contributed by atoms with Gasteiger partial charge in [0.25, 0.3) is 0 Å². The van der Waals surface area contributed by atoms with Crippen LogP contribution in [0.2, 0.25) is 0 Å². The molecule has 20 heavy (non-hydrogen) atoms. The molecule has 0 saturated carbocycles. The second-order valence-corrected chi connectivity index (χ2v) is 6.57. The summed E-state index contributed by atoms with van der Waals surface area (Å²) in [6.45, 7) is 7.75. The smallest absolute Gasteiger partial charge is 0.398 e. The first-order valence-electron chi connectivity index (χ1n) is 7.14. The Labute approximate surface area is 120 Å². The third-order valence-electron chi connectivity index (χ3n) is 4.74. The Bertz CT molecular complexity index is 562. The highest BCUT2D eigenvalue weighted by Crippen LogP contribution is 2.42. The van der Waals surface area contributed by atoms with E-state index < -0.39 is 18.3 Å². The van der Waals surface area contributed by atoms with Crippen molar-refractivity contribution in [1.82, 2.24) is 0 Å². The third-order valence-corrected chi connectivity index (χ3v) is 4.74. The molecular formula is C16H20BFO2. The Morgan fingerprint density at radius 3 is 2.30 bits per heavy atom. The summed E-state index contributed by atoms with van der Waals surface area (Å²) in [6.07, 6.45) is 1.60.